The zero-order chi connectivity index (χ0) is 23.1. The van der Waals surface area contributed by atoms with E-state index in [4.69, 9.17) is 4.74 Å². The Bertz CT molecular complexity index is 922. The fourth-order valence-electron chi connectivity index (χ4n) is 5.65. The Morgan fingerprint density at radius 2 is 1.56 bits per heavy atom. The maximum atomic E-state index is 13.5. The highest BCUT2D eigenvalue weighted by Crippen LogP contribution is 2.53. The van der Waals surface area contributed by atoms with Gasteiger partial charge in [0.15, 0.2) is 0 Å². The molecule has 0 aromatic heterocycles. The topological polar surface area (TPSA) is 29.5 Å². The van der Waals surface area contributed by atoms with E-state index in [0.29, 0.717) is 23.4 Å². The number of piperidine rings is 1. The number of esters is 1. The van der Waals surface area contributed by atoms with Crippen molar-refractivity contribution in [3.05, 3.63) is 66.2 Å². The van der Waals surface area contributed by atoms with E-state index in [1.54, 1.807) is 0 Å². The molecule has 0 saturated carbocycles. The largest absolute Gasteiger partial charge is 0.462 e. The minimum absolute atomic E-state index is 0.0165. The van der Waals surface area contributed by atoms with Gasteiger partial charge in [-0.15, -0.1) is 11.8 Å². The first-order chi connectivity index (χ1) is 15.1. The molecule has 3 nitrogen and oxygen atoms in total. The van der Waals surface area contributed by atoms with Crippen molar-refractivity contribution in [3.8, 4) is 0 Å². The lowest BCUT2D eigenvalue weighted by Crippen LogP contribution is -2.67. The van der Waals surface area contributed by atoms with Gasteiger partial charge in [-0.05, 0) is 35.1 Å². The highest BCUT2D eigenvalue weighted by molar-refractivity contribution is 8.00. The van der Waals surface area contributed by atoms with Gasteiger partial charge in [0.05, 0.1) is 14.1 Å². The van der Waals surface area contributed by atoms with Crippen LogP contribution in [0.3, 0.4) is 0 Å². The quantitative estimate of drug-likeness (QED) is 0.372. The van der Waals surface area contributed by atoms with E-state index < -0.39 is 8.07 Å². The fourth-order valence-corrected chi connectivity index (χ4v) is 10.8. The van der Waals surface area contributed by atoms with Crippen LogP contribution in [0.1, 0.15) is 38.8 Å². The van der Waals surface area contributed by atoms with Crippen molar-refractivity contribution < 1.29 is 9.53 Å². The summed E-state index contributed by atoms with van der Waals surface area (Å²) < 4.78 is 5.93. The summed E-state index contributed by atoms with van der Waals surface area (Å²) in [5, 5.41) is 0.400. The second kappa shape index (κ2) is 9.00. The Kier molecular flexibility index (Phi) is 6.63. The predicted molar refractivity (Wildman–Crippen MR) is 137 cm³/mol. The standard InChI is InChI=1S/C27H37NO2SSi/c1-27(2,3)23-17-22(31-20-15-11-8-12-16-20)25(32(4,5)6)24-26(29)30-18-21(28(23)24)19-13-9-7-10-14-19/h7-16,21-25H,17-18H2,1-6H3/t21-,22-,23+,24+,25+/m1/s1. The van der Waals surface area contributed by atoms with E-state index in [2.05, 4.69) is 106 Å². The third kappa shape index (κ3) is 4.71. The van der Waals surface area contributed by atoms with Crippen LogP contribution in [0, 0.1) is 5.41 Å². The van der Waals surface area contributed by atoms with E-state index in [1.165, 1.54) is 10.5 Å². The molecule has 0 spiro atoms. The Balaban J connectivity index is 1.81. The summed E-state index contributed by atoms with van der Waals surface area (Å²) in [6, 6.07) is 21.6. The molecule has 2 heterocycles. The zero-order valence-electron chi connectivity index (χ0n) is 20.2. The molecule has 0 radical (unpaired) electrons. The molecule has 2 aliphatic heterocycles. The van der Waals surface area contributed by atoms with Crippen molar-refractivity contribution in [2.75, 3.05) is 6.61 Å². The highest BCUT2D eigenvalue weighted by Gasteiger charge is 2.57. The van der Waals surface area contributed by atoms with Crippen molar-refractivity contribution in [1.82, 2.24) is 4.90 Å². The Labute approximate surface area is 198 Å². The van der Waals surface area contributed by atoms with E-state index in [9.17, 15) is 4.79 Å². The minimum Gasteiger partial charge on any atom is -0.462 e. The van der Waals surface area contributed by atoms with Gasteiger partial charge >= 0.3 is 5.97 Å². The molecule has 0 aliphatic carbocycles. The zero-order valence-corrected chi connectivity index (χ0v) is 22.1. The number of hydrogen-bond donors (Lipinski definition) is 0. The summed E-state index contributed by atoms with van der Waals surface area (Å²) in [4.78, 5) is 17.4. The molecular weight excluding hydrogens is 430 g/mol. The summed E-state index contributed by atoms with van der Waals surface area (Å²) in [5.41, 5.74) is 1.64. The van der Waals surface area contributed by atoms with Gasteiger partial charge in [0.1, 0.15) is 12.6 Å². The van der Waals surface area contributed by atoms with E-state index in [0.717, 1.165) is 6.42 Å². The molecule has 2 aromatic carbocycles. The van der Waals surface area contributed by atoms with Gasteiger partial charge in [0.25, 0.3) is 0 Å². The molecular formula is C27H37NO2SSi. The number of nitrogens with zero attached hydrogens (tertiary/aromatic N) is 1. The number of carbonyl (C=O) groups is 1. The fraction of sp³-hybridized carbons (Fsp3) is 0.519. The molecule has 32 heavy (non-hydrogen) atoms. The monoisotopic (exact) mass is 467 g/mol. The van der Waals surface area contributed by atoms with Gasteiger partial charge in [0.2, 0.25) is 0 Å². The number of hydrogen-bond acceptors (Lipinski definition) is 4. The lowest BCUT2D eigenvalue weighted by Gasteiger charge is -2.59. The summed E-state index contributed by atoms with van der Waals surface area (Å²) >= 11 is 1.97. The normalized spacial score (nSPS) is 29.3. The third-order valence-electron chi connectivity index (χ3n) is 7.08. The molecule has 2 aromatic rings. The van der Waals surface area contributed by atoms with Crippen molar-refractivity contribution in [1.29, 1.82) is 0 Å². The van der Waals surface area contributed by atoms with Crippen LogP contribution in [0.25, 0.3) is 0 Å². The first-order valence-corrected chi connectivity index (χ1v) is 16.2. The first kappa shape index (κ1) is 23.6. The molecule has 0 amide bonds. The van der Waals surface area contributed by atoms with Crippen LogP contribution in [0.15, 0.2) is 65.6 Å². The lowest BCUT2D eigenvalue weighted by molar-refractivity contribution is -0.173. The predicted octanol–water partition coefficient (Wildman–Crippen LogP) is 6.64. The van der Waals surface area contributed by atoms with Crippen molar-refractivity contribution in [2.24, 2.45) is 5.41 Å². The average Bonchev–Trinajstić information content (AvgIpc) is 2.73. The van der Waals surface area contributed by atoms with Crippen LogP contribution in [0.2, 0.25) is 25.2 Å². The van der Waals surface area contributed by atoms with Crippen LogP contribution < -0.4 is 0 Å². The Hall–Kier alpha value is -1.56. The van der Waals surface area contributed by atoms with Gasteiger partial charge < -0.3 is 4.74 Å². The third-order valence-corrected chi connectivity index (χ3v) is 11.4. The second-order valence-corrected chi connectivity index (χ2v) is 18.1. The second-order valence-electron chi connectivity index (χ2n) is 11.4. The van der Waals surface area contributed by atoms with Gasteiger partial charge in [-0.1, -0.05) is 88.9 Å². The van der Waals surface area contributed by atoms with E-state index >= 15 is 0 Å². The number of cyclic esters (lactones) is 1. The van der Waals surface area contributed by atoms with Crippen molar-refractivity contribution in [2.45, 2.75) is 80.6 Å². The number of morpholine rings is 1. The molecule has 2 fully saturated rings. The van der Waals surface area contributed by atoms with Crippen molar-refractivity contribution in [3.63, 3.8) is 0 Å². The van der Waals surface area contributed by atoms with Gasteiger partial charge in [-0.25, -0.2) is 0 Å². The number of fused-ring (bicyclic) bond motifs is 1. The molecule has 2 aliphatic rings. The first-order valence-electron chi connectivity index (χ1n) is 11.8. The molecule has 2 saturated heterocycles. The summed E-state index contributed by atoms with van der Waals surface area (Å²) in [6.07, 6.45) is 1.09. The molecule has 5 heteroatoms. The minimum atomic E-state index is -1.71. The lowest BCUT2D eigenvalue weighted by atomic mass is 9.76. The number of carbonyl (C=O) groups excluding carboxylic acids is 1. The van der Waals surface area contributed by atoms with E-state index in [1.807, 2.05) is 11.8 Å². The molecule has 5 atom stereocenters. The highest BCUT2D eigenvalue weighted by atomic mass is 32.2. The molecule has 0 bridgehead atoms. The summed E-state index contributed by atoms with van der Waals surface area (Å²) in [7, 11) is -1.71. The molecule has 172 valence electrons. The average molecular weight is 468 g/mol. The number of rotatable bonds is 4. The van der Waals surface area contributed by atoms with Gasteiger partial charge in [-0.2, -0.15) is 0 Å². The van der Waals surface area contributed by atoms with Crippen LogP contribution in [-0.4, -0.2) is 42.9 Å². The molecule has 0 unspecified atom stereocenters. The maximum Gasteiger partial charge on any atom is 0.323 e. The van der Waals surface area contributed by atoms with Crippen LogP contribution in [-0.2, 0) is 9.53 Å². The summed E-state index contributed by atoms with van der Waals surface area (Å²) in [6.45, 7) is 14.7. The Morgan fingerprint density at radius 3 is 2.12 bits per heavy atom. The number of thioether (sulfide) groups is 1. The van der Waals surface area contributed by atoms with Crippen molar-refractivity contribution >= 4 is 25.8 Å². The molecule has 0 N–H and O–H groups in total. The number of ether oxygens (including phenoxy) is 1. The van der Waals surface area contributed by atoms with Gasteiger partial charge in [-0.3, -0.25) is 9.69 Å². The van der Waals surface area contributed by atoms with Crippen LogP contribution in [0.4, 0.5) is 0 Å². The molecule has 4 rings (SSSR count). The van der Waals surface area contributed by atoms with Gasteiger partial charge in [0, 0.05) is 16.2 Å². The van der Waals surface area contributed by atoms with E-state index in [-0.39, 0.29) is 23.5 Å². The maximum absolute atomic E-state index is 13.5. The summed E-state index contributed by atoms with van der Waals surface area (Å²) in [5.74, 6) is -0.0165. The Morgan fingerprint density at radius 1 is 0.969 bits per heavy atom. The smallest absolute Gasteiger partial charge is 0.323 e. The number of benzene rings is 2. The SMILES string of the molecule is CC(C)(C)[C@@H]1C[C@@H](Sc2ccccc2)[C@H]([Si](C)(C)C)[C@H]2C(=O)OC[C@H](c3ccccc3)N21. The van der Waals surface area contributed by atoms with Crippen LogP contribution >= 0.6 is 11.8 Å². The van der Waals surface area contributed by atoms with Crippen LogP contribution in [0.5, 0.6) is 0 Å².